The lowest BCUT2D eigenvalue weighted by atomic mass is 10.1. The first kappa shape index (κ1) is 26.3. The molecule has 0 saturated heterocycles. The third kappa shape index (κ3) is 6.43. The Labute approximate surface area is 209 Å². The summed E-state index contributed by atoms with van der Waals surface area (Å²) >= 11 is 6.15. The molecule has 1 amide bonds. The number of ether oxygens (including phenoxy) is 2. The molecular weight excluding hydrogens is 495 g/mol. The van der Waals surface area contributed by atoms with Crippen LogP contribution in [-0.4, -0.2) is 41.6 Å². The van der Waals surface area contributed by atoms with Gasteiger partial charge >= 0.3 is 0 Å². The van der Waals surface area contributed by atoms with Gasteiger partial charge in [0.05, 0.1) is 24.8 Å². The molecule has 3 aromatic rings. The second-order valence-corrected chi connectivity index (χ2v) is 9.79. The minimum atomic E-state index is -4.33. The van der Waals surface area contributed by atoms with E-state index in [9.17, 15) is 17.6 Å². The molecule has 0 aliphatic heterocycles. The van der Waals surface area contributed by atoms with Crippen LogP contribution in [0.1, 0.15) is 12.0 Å². The van der Waals surface area contributed by atoms with Crippen molar-refractivity contribution in [1.29, 1.82) is 0 Å². The van der Waals surface area contributed by atoms with E-state index in [1.807, 2.05) is 18.2 Å². The molecule has 1 N–H and O–H groups in total. The maximum absolute atomic E-state index is 14.6. The average Bonchev–Trinajstić information content (AvgIpc) is 2.86. The molecule has 0 saturated carbocycles. The minimum Gasteiger partial charge on any atom is -0.493 e. The van der Waals surface area contributed by atoms with Gasteiger partial charge in [0.15, 0.2) is 11.5 Å². The molecule has 0 spiro atoms. The number of hydrogen-bond acceptors (Lipinski definition) is 5. The Morgan fingerprint density at radius 2 is 1.69 bits per heavy atom. The van der Waals surface area contributed by atoms with Gasteiger partial charge in [-0.25, -0.2) is 12.8 Å². The highest BCUT2D eigenvalue weighted by Gasteiger charge is 2.30. The van der Waals surface area contributed by atoms with Gasteiger partial charge in [-0.1, -0.05) is 41.9 Å². The Bertz CT molecular complexity index is 1290. The molecule has 0 radical (unpaired) electrons. The fraction of sp³-hybridized carbons (Fsp3) is 0.240. The zero-order valence-corrected chi connectivity index (χ0v) is 20.9. The fourth-order valence-electron chi connectivity index (χ4n) is 3.45. The van der Waals surface area contributed by atoms with Crippen molar-refractivity contribution in [2.75, 3.05) is 31.6 Å². The van der Waals surface area contributed by atoms with Crippen molar-refractivity contribution in [2.45, 2.75) is 17.7 Å². The number of methoxy groups -OCH3 is 2. The zero-order chi connectivity index (χ0) is 25.4. The molecule has 0 aliphatic rings. The molecule has 0 fully saturated rings. The summed E-state index contributed by atoms with van der Waals surface area (Å²) in [7, 11) is -1.53. The second-order valence-electron chi connectivity index (χ2n) is 7.52. The van der Waals surface area contributed by atoms with Crippen LogP contribution in [0, 0.1) is 5.82 Å². The van der Waals surface area contributed by atoms with Crippen molar-refractivity contribution >= 4 is 33.2 Å². The van der Waals surface area contributed by atoms with Crippen LogP contribution in [0.4, 0.5) is 10.1 Å². The standard InChI is InChI=1S/C25H26ClFN2O5S/c1-33-23-14-13-19(16-24(23)34-2)35(31,32)29(22-12-6-5-11-21(22)27)17-25(30)28-15-7-9-18-8-3-4-10-20(18)26/h3-6,8,10-14,16H,7,9,15,17H2,1-2H3,(H,28,30). The highest BCUT2D eigenvalue weighted by Crippen LogP contribution is 2.32. The Morgan fingerprint density at radius 3 is 2.37 bits per heavy atom. The Morgan fingerprint density at radius 1 is 1.00 bits per heavy atom. The van der Waals surface area contributed by atoms with Crippen molar-refractivity contribution in [3.05, 3.63) is 83.1 Å². The topological polar surface area (TPSA) is 84.9 Å². The van der Waals surface area contributed by atoms with E-state index in [2.05, 4.69) is 5.32 Å². The first-order chi connectivity index (χ1) is 16.8. The first-order valence-corrected chi connectivity index (χ1v) is 12.6. The number of halogens is 2. The summed E-state index contributed by atoms with van der Waals surface area (Å²) in [6.07, 6.45) is 1.23. The molecule has 0 aromatic heterocycles. The van der Waals surface area contributed by atoms with E-state index in [1.165, 1.54) is 50.6 Å². The van der Waals surface area contributed by atoms with Crippen molar-refractivity contribution in [3.8, 4) is 11.5 Å². The number of anilines is 1. The molecule has 0 atom stereocenters. The molecule has 0 unspecified atom stereocenters. The number of aryl methyl sites for hydroxylation is 1. The predicted octanol–water partition coefficient (Wildman–Crippen LogP) is 4.44. The third-order valence-corrected chi connectivity index (χ3v) is 7.38. The molecule has 0 bridgehead atoms. The van der Waals surface area contributed by atoms with E-state index in [0.717, 1.165) is 15.9 Å². The Hall–Kier alpha value is -3.30. The van der Waals surface area contributed by atoms with Gasteiger partial charge in [0.1, 0.15) is 12.4 Å². The van der Waals surface area contributed by atoms with Crippen LogP contribution in [0.3, 0.4) is 0 Å². The quantitative estimate of drug-likeness (QED) is 0.378. The van der Waals surface area contributed by atoms with Gasteiger partial charge in [-0.2, -0.15) is 0 Å². The number of carbonyl (C=O) groups excluding carboxylic acids is 1. The number of amides is 1. The predicted molar refractivity (Wildman–Crippen MR) is 133 cm³/mol. The van der Waals surface area contributed by atoms with Crippen LogP contribution in [0.5, 0.6) is 11.5 Å². The number of nitrogens with one attached hydrogen (secondary N) is 1. The fourth-order valence-corrected chi connectivity index (χ4v) is 5.13. The van der Waals surface area contributed by atoms with Crippen LogP contribution < -0.4 is 19.1 Å². The van der Waals surface area contributed by atoms with Crippen molar-refractivity contribution in [2.24, 2.45) is 0 Å². The summed E-state index contributed by atoms with van der Waals surface area (Å²) in [4.78, 5) is 12.5. The number of benzene rings is 3. The van der Waals surface area contributed by atoms with Crippen LogP contribution in [0.25, 0.3) is 0 Å². The van der Waals surface area contributed by atoms with Gasteiger partial charge in [-0.05, 0) is 48.7 Å². The van der Waals surface area contributed by atoms with Gasteiger partial charge in [0, 0.05) is 17.6 Å². The van der Waals surface area contributed by atoms with Gasteiger partial charge in [0.25, 0.3) is 10.0 Å². The number of sulfonamides is 1. The summed E-state index contributed by atoms with van der Waals surface area (Å²) in [6.45, 7) is -0.310. The number of para-hydroxylation sites is 1. The summed E-state index contributed by atoms with van der Waals surface area (Å²) in [5, 5.41) is 3.35. The average molecular weight is 521 g/mol. The molecule has 186 valence electrons. The van der Waals surface area contributed by atoms with Crippen molar-refractivity contribution in [3.63, 3.8) is 0 Å². The first-order valence-electron chi connectivity index (χ1n) is 10.8. The number of nitrogens with zero attached hydrogens (tertiary/aromatic N) is 1. The largest absolute Gasteiger partial charge is 0.493 e. The Kier molecular flexibility index (Phi) is 8.95. The lowest BCUT2D eigenvalue weighted by Crippen LogP contribution is -2.41. The van der Waals surface area contributed by atoms with E-state index >= 15 is 0 Å². The third-order valence-electron chi connectivity index (χ3n) is 5.25. The molecule has 3 rings (SSSR count). The van der Waals surface area contributed by atoms with Gasteiger partial charge < -0.3 is 14.8 Å². The van der Waals surface area contributed by atoms with Crippen LogP contribution in [-0.2, 0) is 21.2 Å². The lowest BCUT2D eigenvalue weighted by Gasteiger charge is -2.25. The van der Waals surface area contributed by atoms with E-state index in [4.69, 9.17) is 21.1 Å². The summed E-state index contributed by atoms with van der Waals surface area (Å²) < 4.78 is 52.8. The van der Waals surface area contributed by atoms with Crippen molar-refractivity contribution in [1.82, 2.24) is 5.32 Å². The monoisotopic (exact) mass is 520 g/mol. The molecule has 3 aromatic carbocycles. The maximum Gasteiger partial charge on any atom is 0.265 e. The highest BCUT2D eigenvalue weighted by molar-refractivity contribution is 7.92. The summed E-state index contributed by atoms with van der Waals surface area (Å²) in [5.74, 6) is -0.828. The number of hydrogen-bond donors (Lipinski definition) is 1. The van der Waals surface area contributed by atoms with E-state index in [1.54, 1.807) is 6.07 Å². The van der Waals surface area contributed by atoms with Crippen LogP contribution in [0.15, 0.2) is 71.6 Å². The number of rotatable bonds is 11. The van der Waals surface area contributed by atoms with Crippen LogP contribution in [0.2, 0.25) is 5.02 Å². The highest BCUT2D eigenvalue weighted by atomic mass is 35.5. The SMILES string of the molecule is COc1ccc(S(=O)(=O)N(CC(=O)NCCCc2ccccc2Cl)c2ccccc2F)cc1OC. The van der Waals surface area contributed by atoms with E-state index in [0.29, 0.717) is 30.2 Å². The molecule has 0 heterocycles. The zero-order valence-electron chi connectivity index (χ0n) is 19.3. The summed E-state index contributed by atoms with van der Waals surface area (Å²) in [5.41, 5.74) is 0.709. The number of carbonyl (C=O) groups is 1. The van der Waals surface area contributed by atoms with Gasteiger partial charge in [-0.3, -0.25) is 9.10 Å². The summed E-state index contributed by atoms with van der Waals surface area (Å²) in [6, 6.07) is 16.8. The Balaban J connectivity index is 1.79. The minimum absolute atomic E-state index is 0.176. The van der Waals surface area contributed by atoms with Gasteiger partial charge in [0.2, 0.25) is 5.91 Å². The molecule has 10 heteroatoms. The van der Waals surface area contributed by atoms with E-state index < -0.39 is 28.3 Å². The smallest absolute Gasteiger partial charge is 0.265 e. The lowest BCUT2D eigenvalue weighted by molar-refractivity contribution is -0.119. The van der Waals surface area contributed by atoms with Crippen LogP contribution >= 0.6 is 11.6 Å². The molecule has 35 heavy (non-hydrogen) atoms. The van der Waals surface area contributed by atoms with E-state index in [-0.39, 0.29) is 16.3 Å². The molecule has 7 nitrogen and oxygen atoms in total. The van der Waals surface area contributed by atoms with Crippen molar-refractivity contribution < 1.29 is 27.1 Å². The molecule has 0 aliphatic carbocycles. The van der Waals surface area contributed by atoms with Gasteiger partial charge in [-0.15, -0.1) is 0 Å². The second kappa shape index (κ2) is 11.9. The normalized spacial score (nSPS) is 11.1. The maximum atomic E-state index is 14.6. The molecular formula is C25H26ClFN2O5S.